The van der Waals surface area contributed by atoms with Gasteiger partial charge >= 0.3 is 6.09 Å². The predicted molar refractivity (Wildman–Crippen MR) is 93.7 cm³/mol. The van der Waals surface area contributed by atoms with Gasteiger partial charge in [0.15, 0.2) is 0 Å². The van der Waals surface area contributed by atoms with Crippen molar-refractivity contribution in [1.82, 2.24) is 15.2 Å². The summed E-state index contributed by atoms with van der Waals surface area (Å²) in [5.41, 5.74) is 0.699. The fourth-order valence-corrected chi connectivity index (χ4v) is 3.08. The number of hydrogen-bond donors (Lipinski definition) is 2. The van der Waals surface area contributed by atoms with Crippen molar-refractivity contribution in [3.05, 3.63) is 46.2 Å². The van der Waals surface area contributed by atoms with Gasteiger partial charge in [-0.3, -0.25) is 9.59 Å². The van der Waals surface area contributed by atoms with Crippen LogP contribution in [-0.4, -0.2) is 47.6 Å². The monoisotopic (exact) mass is 343 g/mol. The van der Waals surface area contributed by atoms with Gasteiger partial charge < -0.3 is 19.9 Å². The lowest BCUT2D eigenvalue weighted by Gasteiger charge is -2.31. The summed E-state index contributed by atoms with van der Waals surface area (Å²) in [5, 5.41) is 3.69. The smallest absolute Gasteiger partial charge is 0.409 e. The molecule has 2 amide bonds. The van der Waals surface area contributed by atoms with Crippen LogP contribution in [0.25, 0.3) is 10.9 Å². The number of nitrogens with zero attached hydrogens (tertiary/aromatic N) is 1. The second-order valence-electron chi connectivity index (χ2n) is 6.03. The standard InChI is InChI=1S/C18H21N3O4/c1-2-25-18(24)21-9-7-12(8-10-21)19-17(23)14-11-16(22)20-15-6-4-3-5-13(14)15/h3-6,11-12H,2,7-10H2,1H3,(H,19,23)(H,20,22). The molecule has 7 heteroatoms. The molecule has 1 fully saturated rings. The number of likely N-dealkylation sites (tertiary alicyclic amines) is 1. The van der Waals surface area contributed by atoms with Gasteiger partial charge in [-0.05, 0) is 25.8 Å². The lowest BCUT2D eigenvalue weighted by molar-refractivity contribution is 0.0861. The van der Waals surface area contributed by atoms with E-state index in [9.17, 15) is 14.4 Å². The van der Waals surface area contributed by atoms with E-state index in [1.54, 1.807) is 17.9 Å². The maximum Gasteiger partial charge on any atom is 0.409 e. The summed E-state index contributed by atoms with van der Waals surface area (Å²) < 4.78 is 4.99. The first-order valence-corrected chi connectivity index (χ1v) is 8.43. The average Bonchev–Trinajstić information content (AvgIpc) is 2.61. The van der Waals surface area contributed by atoms with E-state index in [4.69, 9.17) is 4.74 Å². The molecule has 0 radical (unpaired) electrons. The Morgan fingerprint density at radius 3 is 2.72 bits per heavy atom. The van der Waals surface area contributed by atoms with Crippen molar-refractivity contribution in [3.63, 3.8) is 0 Å². The van der Waals surface area contributed by atoms with Gasteiger partial charge in [-0.2, -0.15) is 0 Å². The zero-order valence-electron chi connectivity index (χ0n) is 14.1. The van der Waals surface area contributed by atoms with Gasteiger partial charge in [0, 0.05) is 36.1 Å². The summed E-state index contributed by atoms with van der Waals surface area (Å²) in [4.78, 5) is 40.5. The lowest BCUT2D eigenvalue weighted by atomic mass is 10.0. The summed E-state index contributed by atoms with van der Waals surface area (Å²) in [7, 11) is 0. The van der Waals surface area contributed by atoms with Crippen LogP contribution in [0.4, 0.5) is 4.79 Å². The molecular weight excluding hydrogens is 322 g/mol. The Balaban J connectivity index is 1.68. The SMILES string of the molecule is CCOC(=O)N1CCC(NC(=O)c2cc(=O)[nH]c3ccccc23)CC1. The van der Waals surface area contributed by atoms with E-state index in [0.717, 1.165) is 0 Å². The molecule has 0 aliphatic carbocycles. The topological polar surface area (TPSA) is 91.5 Å². The molecule has 1 saturated heterocycles. The maximum absolute atomic E-state index is 12.6. The van der Waals surface area contributed by atoms with Crippen LogP contribution in [0.1, 0.15) is 30.1 Å². The van der Waals surface area contributed by atoms with Crippen molar-refractivity contribution < 1.29 is 14.3 Å². The molecule has 1 aromatic heterocycles. The highest BCUT2D eigenvalue weighted by atomic mass is 16.6. The Kier molecular flexibility index (Phi) is 5.02. The van der Waals surface area contributed by atoms with Crippen LogP contribution >= 0.6 is 0 Å². The number of aromatic nitrogens is 1. The molecule has 2 aromatic rings. The number of hydrogen-bond acceptors (Lipinski definition) is 4. The molecule has 25 heavy (non-hydrogen) atoms. The minimum Gasteiger partial charge on any atom is -0.450 e. The number of ether oxygens (including phenoxy) is 1. The van der Waals surface area contributed by atoms with Gasteiger partial charge in [0.25, 0.3) is 5.91 Å². The van der Waals surface area contributed by atoms with E-state index >= 15 is 0 Å². The van der Waals surface area contributed by atoms with Gasteiger partial charge in [0.05, 0.1) is 12.2 Å². The van der Waals surface area contributed by atoms with Crippen LogP contribution in [0.2, 0.25) is 0 Å². The number of H-pyrrole nitrogens is 1. The highest BCUT2D eigenvalue weighted by molar-refractivity contribution is 6.06. The normalized spacial score (nSPS) is 15.2. The molecule has 0 spiro atoms. The Morgan fingerprint density at radius 1 is 1.28 bits per heavy atom. The predicted octanol–water partition coefficient (Wildman–Crippen LogP) is 1.88. The molecule has 0 atom stereocenters. The summed E-state index contributed by atoms with van der Waals surface area (Å²) in [6.45, 7) is 3.21. The first-order valence-electron chi connectivity index (χ1n) is 8.43. The number of carbonyl (C=O) groups excluding carboxylic acids is 2. The molecule has 1 aliphatic heterocycles. The average molecular weight is 343 g/mol. The number of fused-ring (bicyclic) bond motifs is 1. The Labute approximate surface area is 145 Å². The fraction of sp³-hybridized carbons (Fsp3) is 0.389. The van der Waals surface area contributed by atoms with Crippen LogP contribution in [-0.2, 0) is 4.74 Å². The number of benzene rings is 1. The van der Waals surface area contributed by atoms with Crippen LogP contribution < -0.4 is 10.9 Å². The number of rotatable bonds is 3. The Hall–Kier alpha value is -2.83. The van der Waals surface area contributed by atoms with Crippen molar-refractivity contribution in [2.45, 2.75) is 25.8 Å². The molecule has 7 nitrogen and oxygen atoms in total. The number of aromatic amines is 1. The highest BCUT2D eigenvalue weighted by Crippen LogP contribution is 2.16. The molecule has 0 saturated carbocycles. The van der Waals surface area contributed by atoms with E-state index in [1.807, 2.05) is 18.2 Å². The van der Waals surface area contributed by atoms with Gasteiger partial charge in [-0.15, -0.1) is 0 Å². The van der Waals surface area contributed by atoms with Gasteiger partial charge in [-0.25, -0.2) is 4.79 Å². The quantitative estimate of drug-likeness (QED) is 0.890. The zero-order valence-corrected chi connectivity index (χ0v) is 14.1. The van der Waals surface area contributed by atoms with Crippen molar-refractivity contribution in [1.29, 1.82) is 0 Å². The molecule has 1 aliphatic rings. The number of amides is 2. The third-order valence-electron chi connectivity index (χ3n) is 4.35. The number of carbonyl (C=O) groups is 2. The second kappa shape index (κ2) is 7.38. The van der Waals surface area contributed by atoms with Crippen molar-refractivity contribution in [2.75, 3.05) is 19.7 Å². The summed E-state index contributed by atoms with van der Waals surface area (Å²) in [5.74, 6) is -0.267. The van der Waals surface area contributed by atoms with Gasteiger partial charge in [0.1, 0.15) is 0 Å². The number of para-hydroxylation sites is 1. The molecule has 1 aromatic carbocycles. The lowest BCUT2D eigenvalue weighted by Crippen LogP contribution is -2.46. The molecule has 0 unspecified atom stereocenters. The summed E-state index contributed by atoms with van der Waals surface area (Å²) >= 11 is 0. The molecule has 2 heterocycles. The van der Waals surface area contributed by atoms with Gasteiger partial charge in [-0.1, -0.05) is 18.2 Å². The molecule has 3 rings (SSSR count). The molecule has 0 bridgehead atoms. The first-order chi connectivity index (χ1) is 12.1. The van der Waals surface area contributed by atoms with E-state index in [0.29, 0.717) is 49.0 Å². The first kappa shape index (κ1) is 17.0. The Bertz CT molecular complexity index is 838. The number of nitrogens with one attached hydrogen (secondary N) is 2. The van der Waals surface area contributed by atoms with Crippen LogP contribution in [0, 0.1) is 0 Å². The van der Waals surface area contributed by atoms with E-state index in [1.165, 1.54) is 6.07 Å². The number of pyridine rings is 1. The number of piperidine rings is 1. The highest BCUT2D eigenvalue weighted by Gasteiger charge is 2.25. The minimum atomic E-state index is -0.312. The zero-order chi connectivity index (χ0) is 17.8. The third kappa shape index (κ3) is 3.81. The third-order valence-corrected chi connectivity index (χ3v) is 4.35. The van der Waals surface area contributed by atoms with Crippen LogP contribution in [0.3, 0.4) is 0 Å². The van der Waals surface area contributed by atoms with E-state index in [2.05, 4.69) is 10.3 Å². The summed E-state index contributed by atoms with van der Waals surface area (Å²) in [6.07, 6.45) is 1.00. The van der Waals surface area contributed by atoms with E-state index < -0.39 is 0 Å². The van der Waals surface area contributed by atoms with Crippen molar-refractivity contribution >= 4 is 22.9 Å². The van der Waals surface area contributed by atoms with Gasteiger partial charge in [0.2, 0.25) is 5.56 Å². The fourth-order valence-electron chi connectivity index (χ4n) is 3.08. The molecule has 2 N–H and O–H groups in total. The van der Waals surface area contributed by atoms with Crippen molar-refractivity contribution in [2.24, 2.45) is 0 Å². The maximum atomic E-state index is 12.6. The van der Waals surface area contributed by atoms with E-state index in [-0.39, 0.29) is 23.6 Å². The Morgan fingerprint density at radius 2 is 2.00 bits per heavy atom. The van der Waals surface area contributed by atoms with Crippen molar-refractivity contribution in [3.8, 4) is 0 Å². The minimum absolute atomic E-state index is 0.0313. The second-order valence-corrected chi connectivity index (χ2v) is 6.03. The molecular formula is C18H21N3O4. The summed E-state index contributed by atoms with van der Waals surface area (Å²) in [6, 6.07) is 8.51. The largest absolute Gasteiger partial charge is 0.450 e. The molecule has 132 valence electrons. The van der Waals surface area contributed by atoms with Crippen LogP contribution in [0.5, 0.6) is 0 Å². The van der Waals surface area contributed by atoms with Crippen LogP contribution in [0.15, 0.2) is 35.1 Å².